The summed E-state index contributed by atoms with van der Waals surface area (Å²) in [6.07, 6.45) is 0. The van der Waals surface area contributed by atoms with E-state index in [1.165, 1.54) is 134 Å². The van der Waals surface area contributed by atoms with E-state index in [0.29, 0.717) is 0 Å². The molecular formula is C96H81BBr4O7. The van der Waals surface area contributed by atoms with Gasteiger partial charge in [-0.3, -0.25) is 0 Å². The first-order valence-electron chi connectivity index (χ1n) is 36.3. The molecule has 0 atom stereocenters. The first-order chi connectivity index (χ1) is 51.8. The van der Waals surface area contributed by atoms with Gasteiger partial charge < -0.3 is 33.0 Å². The molecule has 5 aliphatic rings. The third-order valence-corrected chi connectivity index (χ3v) is 24.7. The second kappa shape index (κ2) is 28.0. The third kappa shape index (κ3) is 12.4. The molecule has 0 aromatic heterocycles. The summed E-state index contributed by atoms with van der Waals surface area (Å²) >= 11 is 14.9. The van der Waals surface area contributed by atoms with Gasteiger partial charge in [0.1, 0.15) is 28.7 Å². The lowest BCUT2D eigenvalue weighted by Gasteiger charge is -2.32. The van der Waals surface area contributed by atoms with Crippen molar-refractivity contribution >= 4 is 76.3 Å². The van der Waals surface area contributed by atoms with E-state index in [1.807, 2.05) is 31.2 Å². The van der Waals surface area contributed by atoms with E-state index in [9.17, 15) is 0 Å². The van der Waals surface area contributed by atoms with Gasteiger partial charge >= 0.3 is 7.12 Å². The minimum Gasteiger partial charge on any atom is -0.497 e. The van der Waals surface area contributed by atoms with Gasteiger partial charge in [-0.25, -0.2) is 0 Å². The van der Waals surface area contributed by atoms with Gasteiger partial charge in [0, 0.05) is 30.0 Å². The molecule has 1 heterocycles. The second-order valence-electron chi connectivity index (χ2n) is 30.1. The van der Waals surface area contributed by atoms with Crippen LogP contribution in [0.2, 0.25) is 0 Å². The number of rotatable bonds is 10. The Hall–Kier alpha value is -9.24. The maximum atomic E-state index is 6.03. The number of fused-ring (bicyclic) bond motifs is 20. The molecule has 7 nitrogen and oxygen atoms in total. The monoisotopic (exact) mass is 1670 g/mol. The molecule has 0 saturated carbocycles. The van der Waals surface area contributed by atoms with Gasteiger partial charge in [0.25, 0.3) is 0 Å². The van der Waals surface area contributed by atoms with Gasteiger partial charge in [0.15, 0.2) is 0 Å². The first-order valence-corrected chi connectivity index (χ1v) is 39.5. The Morgan fingerprint density at radius 1 is 0.241 bits per heavy atom. The number of benzene rings is 13. The summed E-state index contributed by atoms with van der Waals surface area (Å²) in [5, 5.41) is 0. The van der Waals surface area contributed by atoms with Crippen LogP contribution >= 0.6 is 63.7 Å². The molecule has 1 aliphatic heterocycles. The predicted molar refractivity (Wildman–Crippen MR) is 457 cm³/mol. The normalized spacial score (nSPS) is 14.6. The molecule has 0 amide bonds. The molecule has 0 radical (unpaired) electrons. The van der Waals surface area contributed by atoms with Gasteiger partial charge in [-0.15, -0.1) is 0 Å². The Labute approximate surface area is 668 Å². The zero-order valence-corrected chi connectivity index (χ0v) is 69.3. The maximum Gasteiger partial charge on any atom is 0.494 e. The summed E-state index contributed by atoms with van der Waals surface area (Å²) in [6, 6.07) is 87.0. The zero-order valence-electron chi connectivity index (χ0n) is 63.0. The van der Waals surface area contributed by atoms with Crippen molar-refractivity contribution in [1.29, 1.82) is 0 Å². The number of ether oxygens (including phenoxy) is 5. The van der Waals surface area contributed by atoms with Gasteiger partial charge in [0.05, 0.1) is 57.6 Å². The Bertz CT molecular complexity index is 5330. The van der Waals surface area contributed by atoms with E-state index in [-0.39, 0.29) is 23.7 Å². The Kier molecular flexibility index (Phi) is 18.9. The van der Waals surface area contributed by atoms with E-state index in [1.54, 1.807) is 35.5 Å². The topological polar surface area (TPSA) is 64.6 Å². The highest BCUT2D eigenvalue weighted by Gasteiger charge is 2.55. The molecule has 0 bridgehead atoms. The molecule has 18 rings (SSSR count). The van der Waals surface area contributed by atoms with Crippen molar-refractivity contribution in [2.24, 2.45) is 0 Å². The van der Waals surface area contributed by atoms with Crippen molar-refractivity contribution < 1.29 is 33.0 Å². The molecule has 4 aliphatic carbocycles. The quantitative estimate of drug-likeness (QED) is 0.126. The van der Waals surface area contributed by atoms with Crippen molar-refractivity contribution in [3.63, 3.8) is 0 Å². The molecule has 1 saturated heterocycles. The van der Waals surface area contributed by atoms with E-state index in [2.05, 4.69) is 331 Å². The Balaban J connectivity index is 0.000000154. The number of hydrogen-bond acceptors (Lipinski definition) is 7. The highest BCUT2D eigenvalue weighted by Crippen LogP contribution is 2.66. The largest absolute Gasteiger partial charge is 0.497 e. The van der Waals surface area contributed by atoms with E-state index in [4.69, 9.17) is 33.0 Å². The van der Waals surface area contributed by atoms with E-state index < -0.39 is 5.41 Å². The van der Waals surface area contributed by atoms with Crippen LogP contribution in [0.5, 0.6) is 28.7 Å². The van der Waals surface area contributed by atoms with Gasteiger partial charge in [-0.1, -0.05) is 201 Å². The third-order valence-electron chi connectivity index (χ3n) is 22.7. The summed E-state index contributed by atoms with van der Waals surface area (Å²) in [5.41, 5.74) is 35.1. The lowest BCUT2D eigenvalue weighted by atomic mass is 9.69. The molecular weight excluding hydrogens is 1600 g/mol. The second-order valence-corrected chi connectivity index (χ2v) is 33.8. The minimum atomic E-state index is -0.670. The molecule has 538 valence electrons. The van der Waals surface area contributed by atoms with Crippen LogP contribution in [-0.4, -0.2) is 53.9 Å². The number of methoxy groups -OCH3 is 5. The van der Waals surface area contributed by atoms with Crippen molar-refractivity contribution in [3.8, 4) is 118 Å². The van der Waals surface area contributed by atoms with Crippen LogP contribution in [0.15, 0.2) is 254 Å². The fourth-order valence-corrected chi connectivity index (χ4v) is 18.7. The van der Waals surface area contributed by atoms with Crippen LogP contribution in [0.25, 0.3) is 89.0 Å². The van der Waals surface area contributed by atoms with Crippen LogP contribution in [0.4, 0.5) is 0 Å². The molecule has 1 fully saturated rings. The standard InChI is InChI=1S/C57H48O4.C25H12Br4.C14H21BO3/c1-33-17-34(2)20-41(19-33)37-9-13-49-51-15-11-39(43-23-45(58-5)31-46(24-43)59-6)29-55(51)57(53(49)27-37)54-28-38(42-21-35(3)18-36(4)22-42)10-14-50(54)52-16-12-40(30-56(52)57)44-25-47(60-7)32-48(26-44)61-8;26-13-1-5-17-18-6-2-14(27)10-22(18)25(21(17)9-13)23-11-15(28)3-7-19(23)20-8-4-16(29)12-24(20)25;1-10-7-11(9-12(8-10)16-6)15-17-13(2,3)14(4,5)18-15/h9-32H,1-8H3;1-12H;7-9H,1-6H3. The highest BCUT2D eigenvalue weighted by atomic mass is 79.9. The van der Waals surface area contributed by atoms with Gasteiger partial charge in [-0.2, -0.15) is 0 Å². The van der Waals surface area contributed by atoms with Gasteiger partial charge in [-0.05, 0) is 316 Å². The van der Waals surface area contributed by atoms with Crippen LogP contribution in [0.1, 0.15) is 100 Å². The molecule has 2 spiro atoms. The average Bonchev–Trinajstić information content (AvgIpc) is 1.51. The van der Waals surface area contributed by atoms with Crippen LogP contribution in [0.3, 0.4) is 0 Å². The molecule has 13 aromatic carbocycles. The zero-order chi connectivity index (χ0) is 75.6. The van der Waals surface area contributed by atoms with Gasteiger partial charge in [0.2, 0.25) is 0 Å². The van der Waals surface area contributed by atoms with Crippen LogP contribution in [0, 0.1) is 34.6 Å². The minimum absolute atomic E-state index is 0.311. The Morgan fingerprint density at radius 2 is 0.472 bits per heavy atom. The maximum absolute atomic E-state index is 6.03. The first kappa shape index (κ1) is 72.9. The lowest BCUT2D eigenvalue weighted by Crippen LogP contribution is -2.41. The summed E-state index contributed by atoms with van der Waals surface area (Å²) < 4.78 is 44.9. The lowest BCUT2D eigenvalue weighted by molar-refractivity contribution is 0.00578. The highest BCUT2D eigenvalue weighted by molar-refractivity contribution is 9.11. The molecule has 0 unspecified atom stereocenters. The summed E-state index contributed by atoms with van der Waals surface area (Å²) in [5.74, 6) is 3.83. The predicted octanol–water partition coefficient (Wildman–Crippen LogP) is 25.3. The number of hydrogen-bond donors (Lipinski definition) is 0. The SMILES string of the molecule is Brc1ccc2c(c1)C1(c3cc(Br)ccc3-2)c2cc(Br)ccc2-c2ccc(Br)cc21.COc1cc(C)cc(B2OC(C)(C)C(C)(C)O2)c1.COc1cc(OC)cc(-c2ccc3c(c2)C2(c4cc(-c5cc(C)cc(C)c5)ccc4-3)c3cc(-c4cc(C)cc(C)c4)ccc3-c3ccc(-c4cc(OC)cc(OC)c4)cc32)c1. The summed E-state index contributed by atoms with van der Waals surface area (Å²) in [6.45, 7) is 19.0. The average molecular weight is 1680 g/mol. The smallest absolute Gasteiger partial charge is 0.494 e. The van der Waals surface area contributed by atoms with E-state index in [0.717, 1.165) is 79.9 Å². The summed E-state index contributed by atoms with van der Waals surface area (Å²) in [7, 11) is 8.15. The fourth-order valence-electron chi connectivity index (χ4n) is 17.3. The van der Waals surface area contributed by atoms with Crippen molar-refractivity contribution in [2.45, 2.75) is 84.3 Å². The molecule has 0 N–H and O–H groups in total. The molecule has 13 aromatic rings. The van der Waals surface area contributed by atoms with Crippen molar-refractivity contribution in [2.75, 3.05) is 35.5 Å². The number of halogens is 4. The molecule has 108 heavy (non-hydrogen) atoms. The summed E-state index contributed by atoms with van der Waals surface area (Å²) in [4.78, 5) is 0. The molecule has 12 heteroatoms. The van der Waals surface area contributed by atoms with Crippen LogP contribution < -0.4 is 29.1 Å². The van der Waals surface area contributed by atoms with Crippen molar-refractivity contribution in [3.05, 3.63) is 327 Å². The Morgan fingerprint density at radius 3 is 0.741 bits per heavy atom. The number of aryl methyl sites for hydroxylation is 5. The fraction of sp³-hybridized carbons (Fsp3) is 0.188. The van der Waals surface area contributed by atoms with Crippen molar-refractivity contribution in [1.82, 2.24) is 0 Å². The van der Waals surface area contributed by atoms with E-state index >= 15 is 0 Å². The van der Waals surface area contributed by atoms with Crippen LogP contribution in [-0.2, 0) is 20.1 Å².